The molecule has 4 heterocycles. The number of carbonyl (C=O) groups excluding carboxylic acids is 2. The van der Waals surface area contributed by atoms with Crippen LogP contribution < -0.4 is 21.0 Å². The number of aryl methyl sites for hydroxylation is 1. The van der Waals surface area contributed by atoms with Crippen molar-refractivity contribution in [1.29, 1.82) is 0 Å². The van der Waals surface area contributed by atoms with Gasteiger partial charge in [0.15, 0.2) is 11.2 Å². The van der Waals surface area contributed by atoms with Crippen LogP contribution >= 0.6 is 27.5 Å². The van der Waals surface area contributed by atoms with Crippen molar-refractivity contribution >= 4 is 62.1 Å². The summed E-state index contributed by atoms with van der Waals surface area (Å²) in [6, 6.07) is 14.0. The fourth-order valence-corrected chi connectivity index (χ4v) is 5.99. The number of piperazine rings is 1. The molecule has 212 valence electrons. The average Bonchev–Trinajstić information content (AvgIpc) is 3.49. The summed E-state index contributed by atoms with van der Waals surface area (Å²) in [6.45, 7) is 2.45. The first kappa shape index (κ1) is 27.4. The van der Waals surface area contributed by atoms with E-state index in [9.17, 15) is 19.2 Å². The molecular formula is C28H27BrClN7O4. The van der Waals surface area contributed by atoms with Crippen LogP contribution in [0.25, 0.3) is 11.2 Å². The third-order valence-corrected chi connectivity index (χ3v) is 8.61. The molecular weight excluding hydrogens is 614 g/mol. The van der Waals surface area contributed by atoms with Crippen LogP contribution in [0.4, 0.5) is 11.6 Å². The summed E-state index contributed by atoms with van der Waals surface area (Å²) in [5.41, 5.74) is 1.27. The summed E-state index contributed by atoms with van der Waals surface area (Å²) in [5.74, 6) is 0.128. The molecule has 2 fully saturated rings. The standard InChI is InChI=1S/C28H27BrClN7O4/c1-32-24-23(26(40)33(2)28(32)41)36(16-17-3-7-19(30)8-4-17)27(31-24)35-13-11-34(12-14-35)21-15-22(38)37(25(21)39)20-9-5-18(29)6-10-20/h3-10,21H,11-16H2,1-2H3. The minimum Gasteiger partial charge on any atom is -0.340 e. The van der Waals surface area contributed by atoms with Gasteiger partial charge in [-0.05, 0) is 42.0 Å². The summed E-state index contributed by atoms with van der Waals surface area (Å²) in [6.07, 6.45) is 0.127. The predicted octanol–water partition coefficient (Wildman–Crippen LogP) is 2.35. The Labute approximate surface area is 248 Å². The second-order valence-electron chi connectivity index (χ2n) is 10.3. The number of rotatable bonds is 5. The number of halogens is 2. The molecule has 4 aromatic rings. The number of benzene rings is 2. The van der Waals surface area contributed by atoms with E-state index < -0.39 is 17.3 Å². The van der Waals surface area contributed by atoms with E-state index >= 15 is 0 Å². The Morgan fingerprint density at radius 2 is 1.56 bits per heavy atom. The summed E-state index contributed by atoms with van der Waals surface area (Å²) in [7, 11) is 3.06. The molecule has 41 heavy (non-hydrogen) atoms. The van der Waals surface area contributed by atoms with Crippen LogP contribution in [0.15, 0.2) is 62.6 Å². The fraction of sp³-hybridized carbons (Fsp3) is 0.321. The number of anilines is 2. The van der Waals surface area contributed by atoms with Gasteiger partial charge in [0.25, 0.3) is 11.5 Å². The largest absolute Gasteiger partial charge is 0.340 e. The molecule has 2 aromatic heterocycles. The fourth-order valence-electron chi connectivity index (χ4n) is 5.59. The van der Waals surface area contributed by atoms with Gasteiger partial charge in [0.1, 0.15) is 0 Å². The molecule has 2 aliphatic rings. The van der Waals surface area contributed by atoms with E-state index in [0.717, 1.165) is 14.6 Å². The third kappa shape index (κ3) is 4.79. The molecule has 0 radical (unpaired) electrons. The van der Waals surface area contributed by atoms with Crippen molar-refractivity contribution in [1.82, 2.24) is 23.6 Å². The van der Waals surface area contributed by atoms with Gasteiger partial charge in [0.05, 0.1) is 24.7 Å². The van der Waals surface area contributed by atoms with Gasteiger partial charge in [-0.25, -0.2) is 9.69 Å². The van der Waals surface area contributed by atoms with Gasteiger partial charge in [-0.3, -0.25) is 33.0 Å². The summed E-state index contributed by atoms with van der Waals surface area (Å²) < 4.78 is 5.18. The molecule has 2 aliphatic heterocycles. The number of hydrogen-bond donors (Lipinski definition) is 0. The Balaban J connectivity index is 1.29. The van der Waals surface area contributed by atoms with Crippen LogP contribution in [0.2, 0.25) is 5.02 Å². The van der Waals surface area contributed by atoms with Crippen molar-refractivity contribution in [2.45, 2.75) is 19.0 Å². The highest BCUT2D eigenvalue weighted by Crippen LogP contribution is 2.29. The van der Waals surface area contributed by atoms with E-state index in [1.54, 1.807) is 43.4 Å². The van der Waals surface area contributed by atoms with E-state index in [0.29, 0.717) is 60.5 Å². The van der Waals surface area contributed by atoms with E-state index in [-0.39, 0.29) is 18.2 Å². The van der Waals surface area contributed by atoms with Gasteiger partial charge in [0.2, 0.25) is 11.9 Å². The minimum atomic E-state index is -0.533. The van der Waals surface area contributed by atoms with Crippen molar-refractivity contribution in [2.75, 3.05) is 36.0 Å². The molecule has 0 bridgehead atoms. The highest BCUT2D eigenvalue weighted by atomic mass is 79.9. The maximum Gasteiger partial charge on any atom is 0.332 e. The first-order valence-electron chi connectivity index (χ1n) is 13.2. The van der Waals surface area contributed by atoms with Gasteiger partial charge in [-0.1, -0.05) is 39.7 Å². The molecule has 2 amide bonds. The number of imidazole rings is 1. The maximum atomic E-state index is 13.3. The van der Waals surface area contributed by atoms with Crippen LogP contribution in [0.1, 0.15) is 12.0 Å². The molecule has 11 nitrogen and oxygen atoms in total. The number of nitrogens with zero attached hydrogens (tertiary/aromatic N) is 7. The van der Waals surface area contributed by atoms with Crippen molar-refractivity contribution in [2.24, 2.45) is 14.1 Å². The van der Waals surface area contributed by atoms with E-state index in [1.807, 2.05) is 21.6 Å². The van der Waals surface area contributed by atoms with Crippen LogP contribution in [-0.2, 0) is 30.2 Å². The Bertz CT molecular complexity index is 1790. The van der Waals surface area contributed by atoms with Crippen molar-refractivity contribution in [3.63, 3.8) is 0 Å². The van der Waals surface area contributed by atoms with Gasteiger partial charge in [-0.2, -0.15) is 4.98 Å². The number of imide groups is 1. The quantitative estimate of drug-likeness (QED) is 0.309. The van der Waals surface area contributed by atoms with Crippen molar-refractivity contribution in [3.05, 3.63) is 84.4 Å². The number of fused-ring (bicyclic) bond motifs is 1. The summed E-state index contributed by atoms with van der Waals surface area (Å²) >= 11 is 9.48. The SMILES string of the molecule is Cn1c(=O)c2c(nc(N3CCN(C4CC(=O)N(c5ccc(Br)cc5)C4=O)CC3)n2Cc2ccc(Cl)cc2)n(C)c1=O. The zero-order chi connectivity index (χ0) is 29.0. The van der Waals surface area contributed by atoms with Gasteiger partial charge in [0, 0.05) is 49.8 Å². The molecule has 0 N–H and O–H groups in total. The molecule has 1 unspecified atom stereocenters. The lowest BCUT2D eigenvalue weighted by Gasteiger charge is -2.37. The van der Waals surface area contributed by atoms with Crippen LogP contribution in [0, 0.1) is 0 Å². The molecule has 1 atom stereocenters. The lowest BCUT2D eigenvalue weighted by molar-refractivity contribution is -0.123. The Kier molecular flexibility index (Phi) is 7.08. The highest BCUT2D eigenvalue weighted by molar-refractivity contribution is 9.10. The zero-order valence-corrected chi connectivity index (χ0v) is 24.8. The second kappa shape index (κ2) is 10.6. The number of hydrogen-bond acceptors (Lipinski definition) is 7. The first-order valence-corrected chi connectivity index (χ1v) is 14.3. The van der Waals surface area contributed by atoms with E-state index in [1.165, 1.54) is 16.5 Å². The predicted molar refractivity (Wildman–Crippen MR) is 160 cm³/mol. The van der Waals surface area contributed by atoms with Gasteiger partial charge < -0.3 is 4.90 Å². The van der Waals surface area contributed by atoms with Gasteiger partial charge in [-0.15, -0.1) is 0 Å². The van der Waals surface area contributed by atoms with Crippen molar-refractivity contribution < 1.29 is 9.59 Å². The monoisotopic (exact) mass is 639 g/mol. The maximum absolute atomic E-state index is 13.3. The van der Waals surface area contributed by atoms with E-state index in [2.05, 4.69) is 20.8 Å². The molecule has 0 aliphatic carbocycles. The normalized spacial score (nSPS) is 18.2. The molecule has 0 saturated carbocycles. The molecule has 6 rings (SSSR count). The molecule has 0 spiro atoms. The zero-order valence-electron chi connectivity index (χ0n) is 22.5. The Morgan fingerprint density at radius 1 is 0.902 bits per heavy atom. The van der Waals surface area contributed by atoms with Crippen LogP contribution in [-0.4, -0.2) is 67.6 Å². The average molecular weight is 641 g/mol. The molecule has 2 saturated heterocycles. The van der Waals surface area contributed by atoms with Gasteiger partial charge >= 0.3 is 5.69 Å². The summed E-state index contributed by atoms with van der Waals surface area (Å²) in [4.78, 5) is 62.3. The third-order valence-electron chi connectivity index (χ3n) is 7.83. The van der Waals surface area contributed by atoms with Crippen molar-refractivity contribution in [3.8, 4) is 0 Å². The Morgan fingerprint density at radius 3 is 2.22 bits per heavy atom. The number of amides is 2. The Hall–Kier alpha value is -3.74. The highest BCUT2D eigenvalue weighted by Gasteiger charge is 2.43. The number of carbonyl (C=O) groups is 2. The smallest absolute Gasteiger partial charge is 0.332 e. The molecule has 13 heteroatoms. The lowest BCUT2D eigenvalue weighted by atomic mass is 10.1. The van der Waals surface area contributed by atoms with Crippen LogP contribution in [0.5, 0.6) is 0 Å². The van der Waals surface area contributed by atoms with Crippen LogP contribution in [0.3, 0.4) is 0 Å². The lowest BCUT2D eigenvalue weighted by Crippen LogP contribution is -2.53. The minimum absolute atomic E-state index is 0.127. The summed E-state index contributed by atoms with van der Waals surface area (Å²) in [5, 5.41) is 0.609. The molecule has 2 aromatic carbocycles. The number of aromatic nitrogens is 4. The topological polar surface area (TPSA) is 106 Å². The first-order chi connectivity index (χ1) is 19.6. The second-order valence-corrected chi connectivity index (χ2v) is 11.6. The van der Waals surface area contributed by atoms with E-state index in [4.69, 9.17) is 16.6 Å².